The third-order valence-corrected chi connectivity index (χ3v) is 4.80. The first-order valence-corrected chi connectivity index (χ1v) is 8.44. The summed E-state index contributed by atoms with van der Waals surface area (Å²) in [6, 6.07) is 8.14. The second-order valence-corrected chi connectivity index (χ2v) is 6.84. The Balaban J connectivity index is 1.48. The molecule has 2 atom stereocenters. The Hall–Kier alpha value is -2.21. The number of aryl methyl sites for hydroxylation is 1. The lowest BCUT2D eigenvalue weighted by Crippen LogP contribution is -2.28. The van der Waals surface area contributed by atoms with Crippen LogP contribution in [-0.2, 0) is 16.0 Å². The molecule has 0 radical (unpaired) electrons. The van der Waals surface area contributed by atoms with E-state index in [0.717, 1.165) is 28.2 Å². The third-order valence-electron chi connectivity index (χ3n) is 4.03. The summed E-state index contributed by atoms with van der Waals surface area (Å²) in [5, 5.41) is 14.7. The molecule has 1 aliphatic carbocycles. The van der Waals surface area contributed by atoms with Gasteiger partial charge in [-0.15, -0.1) is 11.3 Å². The zero-order valence-corrected chi connectivity index (χ0v) is 13.6. The molecule has 1 aromatic carbocycles. The third kappa shape index (κ3) is 3.76. The number of carbonyl (C=O) groups excluding carboxylic acids is 1. The van der Waals surface area contributed by atoms with E-state index in [0.29, 0.717) is 13.0 Å². The van der Waals surface area contributed by atoms with E-state index < -0.39 is 11.9 Å². The predicted octanol–water partition coefficient (Wildman–Crippen LogP) is 2.50. The monoisotopic (exact) mass is 330 g/mol. The van der Waals surface area contributed by atoms with Crippen molar-refractivity contribution in [2.45, 2.75) is 19.8 Å². The SMILES string of the molecule is Cc1nc(-c2ccc(CCNC(=O)[C@@H]3C[C@@H]3C(=O)O)cc2)cs1. The second kappa shape index (κ2) is 6.50. The van der Waals surface area contributed by atoms with Gasteiger partial charge in [0.05, 0.1) is 22.5 Å². The average Bonchev–Trinajstić information content (AvgIpc) is 3.23. The van der Waals surface area contributed by atoms with E-state index in [-0.39, 0.29) is 11.8 Å². The van der Waals surface area contributed by atoms with Crippen LogP contribution in [0.25, 0.3) is 11.3 Å². The number of nitrogens with one attached hydrogen (secondary N) is 1. The first kappa shape index (κ1) is 15.7. The van der Waals surface area contributed by atoms with Crippen LogP contribution in [0.3, 0.4) is 0 Å². The van der Waals surface area contributed by atoms with Gasteiger partial charge in [-0.2, -0.15) is 0 Å². The molecule has 0 unspecified atom stereocenters. The highest BCUT2D eigenvalue weighted by Crippen LogP contribution is 2.38. The summed E-state index contributed by atoms with van der Waals surface area (Å²) in [6.07, 6.45) is 1.19. The quantitative estimate of drug-likeness (QED) is 0.853. The maximum absolute atomic E-state index is 11.8. The molecular formula is C17H18N2O3S. The van der Waals surface area contributed by atoms with Gasteiger partial charge in [0, 0.05) is 17.5 Å². The van der Waals surface area contributed by atoms with E-state index in [2.05, 4.69) is 10.3 Å². The molecule has 1 saturated carbocycles. The van der Waals surface area contributed by atoms with Crippen molar-refractivity contribution in [3.8, 4) is 11.3 Å². The highest BCUT2D eigenvalue weighted by molar-refractivity contribution is 7.09. The maximum Gasteiger partial charge on any atom is 0.307 e. The molecular weight excluding hydrogens is 312 g/mol. The minimum Gasteiger partial charge on any atom is -0.481 e. The van der Waals surface area contributed by atoms with Crippen LogP contribution in [0.15, 0.2) is 29.6 Å². The first-order valence-electron chi connectivity index (χ1n) is 7.56. The molecule has 1 aliphatic rings. The number of aromatic nitrogens is 1. The molecule has 0 spiro atoms. The molecule has 23 heavy (non-hydrogen) atoms. The Morgan fingerprint density at radius 1 is 1.30 bits per heavy atom. The minimum absolute atomic E-state index is 0.146. The average molecular weight is 330 g/mol. The molecule has 2 aromatic rings. The Kier molecular flexibility index (Phi) is 4.43. The Labute approximate surface area is 138 Å². The highest BCUT2D eigenvalue weighted by atomic mass is 32.1. The highest BCUT2D eigenvalue weighted by Gasteiger charge is 2.48. The lowest BCUT2D eigenvalue weighted by molar-refractivity contribution is -0.140. The van der Waals surface area contributed by atoms with Crippen molar-refractivity contribution in [3.63, 3.8) is 0 Å². The second-order valence-electron chi connectivity index (χ2n) is 5.78. The van der Waals surface area contributed by atoms with Crippen LogP contribution in [0.4, 0.5) is 0 Å². The lowest BCUT2D eigenvalue weighted by Gasteiger charge is -2.05. The topological polar surface area (TPSA) is 79.3 Å². The van der Waals surface area contributed by atoms with Crippen molar-refractivity contribution in [3.05, 3.63) is 40.2 Å². The van der Waals surface area contributed by atoms with Crippen molar-refractivity contribution >= 4 is 23.2 Å². The van der Waals surface area contributed by atoms with E-state index in [4.69, 9.17) is 5.11 Å². The molecule has 6 heteroatoms. The molecule has 5 nitrogen and oxygen atoms in total. The largest absolute Gasteiger partial charge is 0.481 e. The molecule has 3 rings (SSSR count). The van der Waals surface area contributed by atoms with Gasteiger partial charge < -0.3 is 10.4 Å². The summed E-state index contributed by atoms with van der Waals surface area (Å²) in [7, 11) is 0. The smallest absolute Gasteiger partial charge is 0.307 e. The van der Waals surface area contributed by atoms with Crippen LogP contribution in [-0.4, -0.2) is 28.5 Å². The number of aliphatic carboxylic acids is 1. The van der Waals surface area contributed by atoms with Crippen LogP contribution >= 0.6 is 11.3 Å². The molecule has 120 valence electrons. The summed E-state index contributed by atoms with van der Waals surface area (Å²) in [5.41, 5.74) is 3.21. The first-order chi connectivity index (χ1) is 11.0. The van der Waals surface area contributed by atoms with Gasteiger partial charge in [-0.1, -0.05) is 24.3 Å². The summed E-state index contributed by atoms with van der Waals surface area (Å²) in [6.45, 7) is 2.51. The number of hydrogen-bond donors (Lipinski definition) is 2. The van der Waals surface area contributed by atoms with Gasteiger partial charge in [0.25, 0.3) is 0 Å². The van der Waals surface area contributed by atoms with Gasteiger partial charge in [0.2, 0.25) is 5.91 Å². The summed E-state index contributed by atoms with van der Waals surface area (Å²) in [4.78, 5) is 27.0. The van der Waals surface area contributed by atoms with E-state index in [1.54, 1.807) is 11.3 Å². The molecule has 0 bridgehead atoms. The van der Waals surface area contributed by atoms with E-state index in [1.165, 1.54) is 0 Å². The van der Waals surface area contributed by atoms with Crippen molar-refractivity contribution in [2.75, 3.05) is 6.54 Å². The van der Waals surface area contributed by atoms with Crippen molar-refractivity contribution in [2.24, 2.45) is 11.8 Å². The van der Waals surface area contributed by atoms with Crippen molar-refractivity contribution in [1.29, 1.82) is 0 Å². The lowest BCUT2D eigenvalue weighted by atomic mass is 10.1. The fraction of sp³-hybridized carbons (Fsp3) is 0.353. The number of amides is 1. The molecule has 0 aliphatic heterocycles. The number of carboxylic acid groups (broad SMARTS) is 1. The van der Waals surface area contributed by atoms with Gasteiger partial charge in [-0.05, 0) is 25.3 Å². The normalized spacial score (nSPS) is 19.3. The molecule has 1 heterocycles. The van der Waals surface area contributed by atoms with Crippen molar-refractivity contribution in [1.82, 2.24) is 10.3 Å². The molecule has 2 N–H and O–H groups in total. The van der Waals surface area contributed by atoms with Gasteiger partial charge in [-0.25, -0.2) is 4.98 Å². The molecule has 1 fully saturated rings. The Morgan fingerprint density at radius 2 is 2.04 bits per heavy atom. The van der Waals surface area contributed by atoms with Crippen LogP contribution in [0.5, 0.6) is 0 Å². The summed E-state index contributed by atoms with van der Waals surface area (Å²) in [5.74, 6) is -1.86. The van der Waals surface area contributed by atoms with Crippen molar-refractivity contribution < 1.29 is 14.7 Å². The number of benzene rings is 1. The summed E-state index contributed by atoms with van der Waals surface area (Å²) < 4.78 is 0. The van der Waals surface area contributed by atoms with Crippen LogP contribution in [0.2, 0.25) is 0 Å². The van der Waals surface area contributed by atoms with Gasteiger partial charge >= 0.3 is 5.97 Å². The van der Waals surface area contributed by atoms with Crippen LogP contribution in [0, 0.1) is 18.8 Å². The minimum atomic E-state index is -0.877. The number of carboxylic acids is 1. The van der Waals surface area contributed by atoms with E-state index >= 15 is 0 Å². The van der Waals surface area contributed by atoms with Gasteiger partial charge in [-0.3, -0.25) is 9.59 Å². The standard InChI is InChI=1S/C17H18N2O3S/c1-10-19-15(9-23-10)12-4-2-11(3-5-12)6-7-18-16(20)13-8-14(13)17(21)22/h2-5,9,13-14H,6-8H2,1H3,(H,18,20)(H,21,22)/t13-,14+/m1/s1. The van der Waals surface area contributed by atoms with Crippen LogP contribution < -0.4 is 5.32 Å². The number of thiazole rings is 1. The van der Waals surface area contributed by atoms with Gasteiger partial charge in [0.1, 0.15) is 0 Å². The Bertz CT molecular complexity index is 724. The number of hydrogen-bond acceptors (Lipinski definition) is 4. The fourth-order valence-electron chi connectivity index (χ4n) is 2.56. The fourth-order valence-corrected chi connectivity index (χ4v) is 3.18. The molecule has 0 saturated heterocycles. The van der Waals surface area contributed by atoms with E-state index in [9.17, 15) is 9.59 Å². The zero-order chi connectivity index (χ0) is 16.4. The Morgan fingerprint density at radius 3 is 2.61 bits per heavy atom. The maximum atomic E-state index is 11.8. The number of nitrogens with zero attached hydrogens (tertiary/aromatic N) is 1. The predicted molar refractivity (Wildman–Crippen MR) is 88.2 cm³/mol. The number of rotatable bonds is 6. The van der Waals surface area contributed by atoms with Gasteiger partial charge in [0.15, 0.2) is 0 Å². The summed E-state index contributed by atoms with van der Waals surface area (Å²) >= 11 is 1.63. The number of carbonyl (C=O) groups is 2. The molecule has 1 aromatic heterocycles. The molecule has 1 amide bonds. The zero-order valence-electron chi connectivity index (χ0n) is 12.8. The van der Waals surface area contributed by atoms with Crippen LogP contribution in [0.1, 0.15) is 17.0 Å². The van der Waals surface area contributed by atoms with E-state index in [1.807, 2.05) is 36.6 Å².